The van der Waals surface area contributed by atoms with E-state index in [9.17, 15) is 9.59 Å². The summed E-state index contributed by atoms with van der Waals surface area (Å²) in [5, 5.41) is 5.69. The summed E-state index contributed by atoms with van der Waals surface area (Å²) in [6, 6.07) is 14.1. The summed E-state index contributed by atoms with van der Waals surface area (Å²) < 4.78 is 0. The molecule has 0 saturated heterocycles. The van der Waals surface area contributed by atoms with Gasteiger partial charge in [0.15, 0.2) is 0 Å². The van der Waals surface area contributed by atoms with Gasteiger partial charge in [-0.25, -0.2) is 0 Å². The van der Waals surface area contributed by atoms with Gasteiger partial charge in [0, 0.05) is 30.9 Å². The van der Waals surface area contributed by atoms with Gasteiger partial charge in [0.25, 0.3) is 11.8 Å². The Morgan fingerprint density at radius 1 is 0.963 bits per heavy atom. The molecule has 0 fully saturated rings. The summed E-state index contributed by atoms with van der Waals surface area (Å²) in [5.41, 5.74) is 8.11. The second-order valence-electron chi connectivity index (χ2n) is 6.03. The summed E-state index contributed by atoms with van der Waals surface area (Å²) in [6.45, 7) is 1.69. The molecule has 0 aliphatic rings. The van der Waals surface area contributed by atoms with E-state index >= 15 is 0 Å². The van der Waals surface area contributed by atoms with Gasteiger partial charge in [0.2, 0.25) is 0 Å². The maximum Gasteiger partial charge on any atom is 0.253 e. The lowest BCUT2D eigenvalue weighted by atomic mass is 10.1. The van der Waals surface area contributed by atoms with Crippen molar-refractivity contribution in [2.75, 3.05) is 32.9 Å². The molecule has 0 saturated carbocycles. The molecule has 0 aromatic heterocycles. The first-order valence-electron chi connectivity index (χ1n) is 8.12. The van der Waals surface area contributed by atoms with E-state index in [-0.39, 0.29) is 36.6 Å². The molecule has 0 bridgehead atoms. The molecule has 148 valence electrons. The van der Waals surface area contributed by atoms with Crippen LogP contribution in [0.5, 0.6) is 0 Å². The van der Waals surface area contributed by atoms with Crippen molar-refractivity contribution >= 4 is 42.3 Å². The Kier molecular flexibility index (Phi) is 11.1. The molecule has 0 heterocycles. The molecule has 2 aromatic carbocycles. The van der Waals surface area contributed by atoms with Crippen molar-refractivity contribution in [1.82, 2.24) is 15.5 Å². The van der Waals surface area contributed by atoms with Gasteiger partial charge in [-0.15, -0.1) is 24.8 Å². The van der Waals surface area contributed by atoms with E-state index in [1.54, 1.807) is 42.5 Å². The number of carbonyl (C=O) groups excluding carboxylic acids is 2. The standard InChI is InChI=1S/C19H24N4O2.2ClH/c1-23(2)11-10-21-18(24)15-7-5-6-14(12-15)13-22-19(25)16-8-3-4-9-17(16)20;;/h3-9,12H,10-11,13,20H2,1-2H3,(H,21,24)(H,22,25);2*1H. The molecule has 6 nitrogen and oxygen atoms in total. The average molecular weight is 413 g/mol. The molecule has 0 unspecified atom stereocenters. The lowest BCUT2D eigenvalue weighted by Crippen LogP contribution is -2.31. The van der Waals surface area contributed by atoms with Crippen LogP contribution >= 0.6 is 24.8 Å². The number of anilines is 1. The number of nitrogens with zero attached hydrogens (tertiary/aromatic N) is 1. The zero-order chi connectivity index (χ0) is 18.2. The minimum Gasteiger partial charge on any atom is -0.398 e. The number of halogens is 2. The summed E-state index contributed by atoms with van der Waals surface area (Å²) in [5.74, 6) is -0.360. The first-order chi connectivity index (χ1) is 12.0. The number of nitrogens with two attached hydrogens (primary N) is 1. The Morgan fingerprint density at radius 2 is 1.67 bits per heavy atom. The number of nitrogen functional groups attached to an aromatic ring is 1. The fraction of sp³-hybridized carbons (Fsp3) is 0.263. The van der Waals surface area contributed by atoms with Crippen LogP contribution in [0.25, 0.3) is 0 Å². The van der Waals surface area contributed by atoms with Crippen LogP contribution in [0.1, 0.15) is 26.3 Å². The van der Waals surface area contributed by atoms with Crippen molar-refractivity contribution < 1.29 is 9.59 Å². The normalized spacial score (nSPS) is 9.74. The second-order valence-corrected chi connectivity index (χ2v) is 6.03. The molecule has 0 atom stereocenters. The first-order valence-corrected chi connectivity index (χ1v) is 8.12. The van der Waals surface area contributed by atoms with Crippen molar-refractivity contribution in [2.24, 2.45) is 0 Å². The van der Waals surface area contributed by atoms with Crippen molar-refractivity contribution in [2.45, 2.75) is 6.54 Å². The first kappa shape index (κ1) is 24.7. The van der Waals surface area contributed by atoms with Crippen LogP contribution in [0.3, 0.4) is 0 Å². The van der Waals surface area contributed by atoms with Gasteiger partial charge >= 0.3 is 0 Å². The van der Waals surface area contributed by atoms with E-state index in [0.29, 0.717) is 29.9 Å². The summed E-state index contributed by atoms with van der Waals surface area (Å²) in [6.07, 6.45) is 0. The molecular weight excluding hydrogens is 387 g/mol. The molecule has 0 radical (unpaired) electrons. The SMILES string of the molecule is CN(C)CCNC(=O)c1cccc(CNC(=O)c2ccccc2N)c1.Cl.Cl. The number of carbonyl (C=O) groups is 2. The molecule has 2 aromatic rings. The largest absolute Gasteiger partial charge is 0.398 e. The number of likely N-dealkylation sites (N-methyl/N-ethyl adjacent to an activating group) is 1. The predicted molar refractivity (Wildman–Crippen MR) is 114 cm³/mol. The number of para-hydroxylation sites is 1. The average Bonchev–Trinajstić information content (AvgIpc) is 2.60. The highest BCUT2D eigenvalue weighted by molar-refractivity contribution is 5.99. The number of benzene rings is 2. The highest BCUT2D eigenvalue weighted by Crippen LogP contribution is 2.11. The van der Waals surface area contributed by atoms with E-state index in [1.165, 1.54) is 0 Å². The van der Waals surface area contributed by atoms with Crippen molar-refractivity contribution in [3.05, 3.63) is 65.2 Å². The Morgan fingerprint density at radius 3 is 2.33 bits per heavy atom. The Labute approximate surface area is 172 Å². The molecule has 0 aliphatic heterocycles. The fourth-order valence-corrected chi connectivity index (χ4v) is 2.30. The topological polar surface area (TPSA) is 87.5 Å². The molecule has 2 amide bonds. The summed E-state index contributed by atoms with van der Waals surface area (Å²) >= 11 is 0. The van der Waals surface area contributed by atoms with Crippen LogP contribution in [0, 0.1) is 0 Å². The van der Waals surface area contributed by atoms with Crippen LogP contribution in [-0.4, -0.2) is 43.9 Å². The summed E-state index contributed by atoms with van der Waals surface area (Å²) in [4.78, 5) is 26.3. The van der Waals surface area contributed by atoms with Gasteiger partial charge in [-0.3, -0.25) is 9.59 Å². The summed E-state index contributed by atoms with van der Waals surface area (Å²) in [7, 11) is 3.91. The van der Waals surface area contributed by atoms with E-state index in [2.05, 4.69) is 10.6 Å². The molecule has 27 heavy (non-hydrogen) atoms. The Balaban J connectivity index is 0.00000338. The molecule has 0 aliphatic carbocycles. The third kappa shape index (κ3) is 7.86. The maximum atomic E-state index is 12.2. The lowest BCUT2D eigenvalue weighted by molar-refractivity contribution is 0.0945. The van der Waals surface area contributed by atoms with Gasteiger partial charge in [-0.2, -0.15) is 0 Å². The van der Waals surface area contributed by atoms with Crippen LogP contribution in [-0.2, 0) is 6.54 Å². The monoisotopic (exact) mass is 412 g/mol. The van der Waals surface area contributed by atoms with Crippen LogP contribution in [0.2, 0.25) is 0 Å². The minimum atomic E-state index is -0.237. The Hall–Kier alpha value is -2.28. The zero-order valence-corrected chi connectivity index (χ0v) is 17.0. The van der Waals surface area contributed by atoms with Crippen molar-refractivity contribution in [3.8, 4) is 0 Å². The number of hydrogen-bond acceptors (Lipinski definition) is 4. The number of amides is 2. The lowest BCUT2D eigenvalue weighted by Gasteiger charge is -2.11. The van der Waals surface area contributed by atoms with E-state index < -0.39 is 0 Å². The van der Waals surface area contributed by atoms with E-state index in [1.807, 2.05) is 25.1 Å². The molecule has 8 heteroatoms. The Bertz CT molecular complexity index is 754. The predicted octanol–water partition coefficient (Wildman–Crippen LogP) is 2.33. The van der Waals surface area contributed by atoms with E-state index in [4.69, 9.17) is 5.73 Å². The van der Waals surface area contributed by atoms with Crippen LogP contribution in [0.4, 0.5) is 5.69 Å². The number of rotatable bonds is 7. The van der Waals surface area contributed by atoms with Crippen molar-refractivity contribution in [1.29, 1.82) is 0 Å². The second kappa shape index (κ2) is 12.2. The maximum absolute atomic E-state index is 12.2. The third-order valence-electron chi connectivity index (χ3n) is 3.69. The van der Waals surface area contributed by atoms with Crippen LogP contribution < -0.4 is 16.4 Å². The van der Waals surface area contributed by atoms with Gasteiger partial charge in [-0.05, 0) is 43.9 Å². The minimum absolute atomic E-state index is 0. The zero-order valence-electron chi connectivity index (χ0n) is 15.4. The van der Waals surface area contributed by atoms with Crippen LogP contribution in [0.15, 0.2) is 48.5 Å². The highest BCUT2D eigenvalue weighted by Gasteiger charge is 2.10. The third-order valence-corrected chi connectivity index (χ3v) is 3.69. The quantitative estimate of drug-likeness (QED) is 0.608. The van der Waals surface area contributed by atoms with Gasteiger partial charge < -0.3 is 21.3 Å². The van der Waals surface area contributed by atoms with E-state index in [0.717, 1.165) is 12.1 Å². The van der Waals surface area contributed by atoms with Gasteiger partial charge in [-0.1, -0.05) is 24.3 Å². The fourth-order valence-electron chi connectivity index (χ4n) is 2.30. The molecular formula is C19H26Cl2N4O2. The van der Waals surface area contributed by atoms with Gasteiger partial charge in [0.1, 0.15) is 0 Å². The molecule has 4 N–H and O–H groups in total. The van der Waals surface area contributed by atoms with Crippen molar-refractivity contribution in [3.63, 3.8) is 0 Å². The molecule has 2 rings (SSSR count). The van der Waals surface area contributed by atoms with Gasteiger partial charge in [0.05, 0.1) is 5.56 Å². The smallest absolute Gasteiger partial charge is 0.253 e. The number of nitrogens with one attached hydrogen (secondary N) is 2. The highest BCUT2D eigenvalue weighted by atomic mass is 35.5. The molecule has 0 spiro atoms. The number of hydrogen-bond donors (Lipinski definition) is 3.